The van der Waals surface area contributed by atoms with Crippen LogP contribution in [0.4, 0.5) is 4.39 Å². The molecule has 0 bridgehead atoms. The predicted molar refractivity (Wildman–Crippen MR) is 116 cm³/mol. The fourth-order valence-corrected chi connectivity index (χ4v) is 5.98. The number of aromatic nitrogens is 2. The smallest absolute Gasteiger partial charge is 0.225 e. The molecule has 6 heteroatoms. The van der Waals surface area contributed by atoms with Gasteiger partial charge in [-0.05, 0) is 63.9 Å². The summed E-state index contributed by atoms with van der Waals surface area (Å²) in [5.41, 5.74) is 2.06. The Hall–Kier alpha value is -1.88. The summed E-state index contributed by atoms with van der Waals surface area (Å²) in [5.74, 6) is 0.269. The van der Waals surface area contributed by atoms with Gasteiger partial charge in [0.25, 0.3) is 0 Å². The first kappa shape index (κ1) is 20.0. The van der Waals surface area contributed by atoms with Crippen molar-refractivity contribution in [2.45, 2.75) is 69.5 Å². The third-order valence-corrected chi connectivity index (χ3v) is 7.76. The molecule has 1 aliphatic carbocycles. The molecule has 0 spiro atoms. The van der Waals surface area contributed by atoms with Gasteiger partial charge in [0.2, 0.25) is 5.91 Å². The molecule has 0 N–H and O–H groups in total. The van der Waals surface area contributed by atoms with E-state index in [1.165, 1.54) is 6.42 Å². The number of fused-ring (bicyclic) bond motifs is 3. The molecule has 1 saturated heterocycles. The molecular weight excluding hydrogens is 401 g/mol. The summed E-state index contributed by atoms with van der Waals surface area (Å²) in [6, 6.07) is 5.97. The summed E-state index contributed by atoms with van der Waals surface area (Å²) in [6.45, 7) is 1.76. The molecule has 1 aromatic carbocycles. The van der Waals surface area contributed by atoms with E-state index in [0.717, 1.165) is 47.8 Å². The van der Waals surface area contributed by atoms with Crippen molar-refractivity contribution in [3.63, 3.8) is 0 Å². The molecule has 4 nitrogen and oxygen atoms in total. The number of hydrogen-bond acceptors (Lipinski definition) is 2. The molecule has 2 fully saturated rings. The maximum absolute atomic E-state index is 15.7. The van der Waals surface area contributed by atoms with Crippen LogP contribution in [0.5, 0.6) is 0 Å². The monoisotopic (exact) mass is 429 g/mol. The quantitative estimate of drug-likeness (QED) is 0.616. The average molecular weight is 430 g/mol. The van der Waals surface area contributed by atoms with Crippen LogP contribution in [0.1, 0.15) is 69.4 Å². The molecule has 0 radical (unpaired) electrons. The van der Waals surface area contributed by atoms with Gasteiger partial charge in [0.15, 0.2) is 0 Å². The van der Waals surface area contributed by atoms with E-state index in [0.29, 0.717) is 38.5 Å². The van der Waals surface area contributed by atoms with E-state index in [1.54, 1.807) is 0 Å². The minimum atomic E-state index is -1.19. The molecule has 3 heterocycles. The number of carbonyl (C=O) groups is 1. The van der Waals surface area contributed by atoms with Crippen LogP contribution in [-0.4, -0.2) is 39.1 Å². The first-order chi connectivity index (χ1) is 14.6. The number of imidazole rings is 1. The van der Waals surface area contributed by atoms with E-state index < -0.39 is 5.67 Å². The predicted octanol–water partition coefficient (Wildman–Crippen LogP) is 5.80. The number of halogens is 2. The molecule has 160 valence electrons. The highest BCUT2D eigenvalue weighted by Gasteiger charge is 2.40. The second-order valence-corrected chi connectivity index (χ2v) is 9.66. The minimum absolute atomic E-state index is 0.00822. The molecule has 1 saturated carbocycles. The van der Waals surface area contributed by atoms with Gasteiger partial charge in [-0.2, -0.15) is 0 Å². The standard InChI is InChI=1S/C24H29ClFN3O/c25-19-6-4-5-18-21-15-27-16-29(21)20(22(18)19)9-12-24(26)10-7-17(8-11-24)23(30)28-13-2-1-3-14-28/h4-6,15-17,20H,1-3,7-14H2/t17?,20-,24?/m0/s1. The van der Waals surface area contributed by atoms with Gasteiger partial charge in [-0.3, -0.25) is 4.79 Å². The Balaban J connectivity index is 1.23. The number of rotatable bonds is 4. The Bertz CT molecular complexity index is 928. The molecular formula is C24H29ClFN3O. The van der Waals surface area contributed by atoms with Crippen LogP contribution < -0.4 is 0 Å². The number of benzene rings is 1. The topological polar surface area (TPSA) is 38.1 Å². The van der Waals surface area contributed by atoms with Crippen molar-refractivity contribution < 1.29 is 9.18 Å². The lowest BCUT2D eigenvalue weighted by atomic mass is 9.76. The van der Waals surface area contributed by atoms with E-state index in [9.17, 15) is 4.79 Å². The highest BCUT2D eigenvalue weighted by atomic mass is 35.5. The van der Waals surface area contributed by atoms with E-state index in [1.807, 2.05) is 29.6 Å². The van der Waals surface area contributed by atoms with Crippen LogP contribution >= 0.6 is 11.6 Å². The van der Waals surface area contributed by atoms with Crippen molar-refractivity contribution in [3.8, 4) is 11.3 Å². The molecule has 3 aliphatic rings. The SMILES string of the molecule is O=C(C1CCC(F)(CC[C@H]2c3c(Cl)cccc3-c3cncn32)CC1)N1CCCCC1. The number of hydrogen-bond donors (Lipinski definition) is 0. The zero-order valence-corrected chi connectivity index (χ0v) is 18.1. The molecule has 1 aromatic heterocycles. The van der Waals surface area contributed by atoms with Gasteiger partial charge in [0.1, 0.15) is 5.67 Å². The van der Waals surface area contributed by atoms with E-state index in [-0.39, 0.29) is 17.9 Å². The summed E-state index contributed by atoms with van der Waals surface area (Å²) in [7, 11) is 0. The normalized spacial score (nSPS) is 28.3. The lowest BCUT2D eigenvalue weighted by Gasteiger charge is -2.37. The Morgan fingerprint density at radius 1 is 1.20 bits per heavy atom. The molecule has 1 atom stereocenters. The van der Waals surface area contributed by atoms with Gasteiger partial charge >= 0.3 is 0 Å². The van der Waals surface area contributed by atoms with Crippen LogP contribution in [0.3, 0.4) is 0 Å². The third kappa shape index (κ3) is 3.55. The maximum Gasteiger partial charge on any atom is 0.225 e. The zero-order valence-electron chi connectivity index (χ0n) is 17.3. The average Bonchev–Trinajstić information content (AvgIpc) is 3.35. The molecule has 1 amide bonds. The number of piperidine rings is 1. The summed E-state index contributed by atoms with van der Waals surface area (Å²) in [5, 5.41) is 0.741. The van der Waals surface area contributed by atoms with Crippen molar-refractivity contribution >= 4 is 17.5 Å². The zero-order chi connectivity index (χ0) is 20.7. The number of amides is 1. The van der Waals surface area contributed by atoms with Crippen molar-refractivity contribution in [2.24, 2.45) is 5.92 Å². The van der Waals surface area contributed by atoms with Crippen molar-refractivity contribution in [3.05, 3.63) is 41.3 Å². The summed E-state index contributed by atoms with van der Waals surface area (Å²) < 4.78 is 17.8. The molecule has 2 aliphatic heterocycles. The van der Waals surface area contributed by atoms with E-state index in [2.05, 4.69) is 15.6 Å². The Kier molecular flexibility index (Phi) is 5.34. The number of likely N-dealkylation sites (tertiary alicyclic amines) is 1. The van der Waals surface area contributed by atoms with Crippen LogP contribution in [0.25, 0.3) is 11.3 Å². The van der Waals surface area contributed by atoms with Gasteiger partial charge in [0, 0.05) is 35.2 Å². The fraction of sp³-hybridized carbons (Fsp3) is 0.583. The van der Waals surface area contributed by atoms with Crippen LogP contribution in [0.15, 0.2) is 30.7 Å². The van der Waals surface area contributed by atoms with Gasteiger partial charge in [0.05, 0.1) is 24.3 Å². The number of alkyl halides is 1. The largest absolute Gasteiger partial charge is 0.342 e. The van der Waals surface area contributed by atoms with Crippen LogP contribution in [0.2, 0.25) is 5.02 Å². The summed E-state index contributed by atoms with van der Waals surface area (Å²) in [6.07, 6.45) is 10.6. The van der Waals surface area contributed by atoms with Crippen molar-refractivity contribution in [1.82, 2.24) is 14.5 Å². The van der Waals surface area contributed by atoms with E-state index >= 15 is 4.39 Å². The van der Waals surface area contributed by atoms with Crippen LogP contribution in [0, 0.1) is 5.92 Å². The highest BCUT2D eigenvalue weighted by molar-refractivity contribution is 6.32. The van der Waals surface area contributed by atoms with Gasteiger partial charge in [-0.15, -0.1) is 0 Å². The summed E-state index contributed by atoms with van der Waals surface area (Å²) in [4.78, 5) is 19.1. The molecule has 2 aromatic rings. The lowest BCUT2D eigenvalue weighted by molar-refractivity contribution is -0.138. The first-order valence-corrected chi connectivity index (χ1v) is 11.7. The Morgan fingerprint density at radius 2 is 1.97 bits per heavy atom. The number of carbonyl (C=O) groups excluding carboxylic acids is 1. The van der Waals surface area contributed by atoms with Gasteiger partial charge < -0.3 is 9.47 Å². The van der Waals surface area contributed by atoms with Gasteiger partial charge in [-0.25, -0.2) is 9.37 Å². The number of nitrogens with zero attached hydrogens (tertiary/aromatic N) is 3. The van der Waals surface area contributed by atoms with Gasteiger partial charge in [-0.1, -0.05) is 23.7 Å². The summed E-state index contributed by atoms with van der Waals surface area (Å²) >= 11 is 6.53. The Morgan fingerprint density at radius 3 is 2.73 bits per heavy atom. The highest BCUT2D eigenvalue weighted by Crippen LogP contribution is 2.47. The first-order valence-electron chi connectivity index (χ1n) is 11.3. The second kappa shape index (κ2) is 7.99. The van der Waals surface area contributed by atoms with Crippen molar-refractivity contribution in [1.29, 1.82) is 0 Å². The fourth-order valence-electron chi connectivity index (χ4n) is 5.68. The Labute approximate surface area is 182 Å². The van der Waals surface area contributed by atoms with Crippen molar-refractivity contribution in [2.75, 3.05) is 13.1 Å². The van der Waals surface area contributed by atoms with E-state index in [4.69, 9.17) is 11.6 Å². The molecule has 30 heavy (non-hydrogen) atoms. The lowest BCUT2D eigenvalue weighted by Crippen LogP contribution is -2.42. The minimum Gasteiger partial charge on any atom is -0.342 e. The maximum atomic E-state index is 15.7. The second-order valence-electron chi connectivity index (χ2n) is 9.25. The van der Waals surface area contributed by atoms with Crippen LogP contribution in [-0.2, 0) is 4.79 Å². The molecule has 5 rings (SSSR count). The molecule has 0 unspecified atom stereocenters. The third-order valence-electron chi connectivity index (χ3n) is 7.43.